The molecule has 3 heterocycles. The first-order valence-corrected chi connectivity index (χ1v) is 8.04. The summed E-state index contributed by atoms with van der Waals surface area (Å²) in [6.45, 7) is 3.85. The maximum absolute atomic E-state index is 12.2. The maximum Gasteiger partial charge on any atom is 0.252 e. The lowest BCUT2D eigenvalue weighted by molar-refractivity contribution is 0.0952. The maximum atomic E-state index is 12.2. The number of anilines is 1. The number of hydrogen-bond donors (Lipinski definition) is 2. The average molecular weight is 348 g/mol. The van der Waals surface area contributed by atoms with Crippen molar-refractivity contribution in [2.24, 2.45) is 0 Å². The second-order valence-electron chi connectivity index (χ2n) is 5.31. The van der Waals surface area contributed by atoms with E-state index in [1.165, 1.54) is 6.20 Å². The summed E-state index contributed by atoms with van der Waals surface area (Å²) in [6.07, 6.45) is 5.62. The highest BCUT2D eigenvalue weighted by molar-refractivity contribution is 6.30. The lowest BCUT2D eigenvalue weighted by Gasteiger charge is -2.06. The van der Waals surface area contributed by atoms with Crippen LogP contribution >= 0.6 is 11.6 Å². The number of imidazole rings is 1. The van der Waals surface area contributed by atoms with Crippen molar-refractivity contribution in [3.8, 4) is 0 Å². The highest BCUT2D eigenvalue weighted by Crippen LogP contribution is 2.16. The van der Waals surface area contributed by atoms with Gasteiger partial charge < -0.3 is 11.1 Å². The molecule has 0 radical (unpaired) electrons. The third-order valence-electron chi connectivity index (χ3n) is 3.64. The number of carbonyl (C=O) groups is 1. The van der Waals surface area contributed by atoms with E-state index in [0.29, 0.717) is 47.3 Å². The fourth-order valence-electron chi connectivity index (χ4n) is 2.47. The minimum absolute atomic E-state index is 0.187. The van der Waals surface area contributed by atoms with E-state index in [2.05, 4.69) is 20.4 Å². The van der Waals surface area contributed by atoms with E-state index in [4.69, 9.17) is 17.3 Å². The molecular weight excluding hydrogens is 330 g/mol. The van der Waals surface area contributed by atoms with Gasteiger partial charge in [-0.25, -0.2) is 9.97 Å². The average Bonchev–Trinajstić information content (AvgIpc) is 3.12. The van der Waals surface area contributed by atoms with Crippen LogP contribution in [-0.4, -0.2) is 36.8 Å². The first kappa shape index (κ1) is 16.3. The molecule has 0 bridgehead atoms. The Morgan fingerprint density at radius 3 is 2.96 bits per heavy atom. The molecule has 126 valence electrons. The molecule has 0 unspecified atom stereocenters. The van der Waals surface area contributed by atoms with Crippen LogP contribution in [0, 0.1) is 0 Å². The van der Waals surface area contributed by atoms with Crippen molar-refractivity contribution in [2.45, 2.75) is 26.4 Å². The third-order valence-corrected chi connectivity index (χ3v) is 3.84. The molecule has 0 spiro atoms. The van der Waals surface area contributed by atoms with E-state index in [-0.39, 0.29) is 5.91 Å². The molecule has 9 heteroatoms. The molecule has 0 aliphatic carbocycles. The molecule has 0 aliphatic rings. The molecule has 0 atom stereocenters. The quantitative estimate of drug-likeness (QED) is 0.660. The second kappa shape index (κ2) is 6.88. The zero-order valence-electron chi connectivity index (χ0n) is 13.2. The molecule has 0 aliphatic heterocycles. The smallest absolute Gasteiger partial charge is 0.252 e. The van der Waals surface area contributed by atoms with Crippen LogP contribution in [0.15, 0.2) is 24.7 Å². The lowest BCUT2D eigenvalue weighted by atomic mass is 10.2. The number of nitrogens with zero attached hydrogens (tertiary/aromatic N) is 5. The van der Waals surface area contributed by atoms with E-state index in [1.54, 1.807) is 27.7 Å². The van der Waals surface area contributed by atoms with Gasteiger partial charge >= 0.3 is 0 Å². The molecule has 0 saturated carbocycles. The molecule has 3 aromatic heterocycles. The van der Waals surface area contributed by atoms with Crippen molar-refractivity contribution in [3.63, 3.8) is 0 Å². The van der Waals surface area contributed by atoms with Crippen molar-refractivity contribution in [2.75, 3.05) is 12.3 Å². The van der Waals surface area contributed by atoms with E-state index >= 15 is 0 Å². The molecular formula is C15H18ClN7O. The van der Waals surface area contributed by atoms with Gasteiger partial charge in [0.05, 0.1) is 16.8 Å². The molecule has 0 saturated heterocycles. The number of amides is 1. The van der Waals surface area contributed by atoms with Gasteiger partial charge in [0.25, 0.3) is 5.91 Å². The van der Waals surface area contributed by atoms with Gasteiger partial charge in [0.2, 0.25) is 5.95 Å². The normalized spacial score (nSPS) is 11.1. The number of aryl methyl sites for hydroxylation is 2. The van der Waals surface area contributed by atoms with Gasteiger partial charge in [-0.2, -0.15) is 5.10 Å². The van der Waals surface area contributed by atoms with Gasteiger partial charge in [0, 0.05) is 32.0 Å². The van der Waals surface area contributed by atoms with Crippen molar-refractivity contribution in [3.05, 3.63) is 35.2 Å². The molecule has 3 aromatic rings. The van der Waals surface area contributed by atoms with Gasteiger partial charge in [0.1, 0.15) is 5.52 Å². The van der Waals surface area contributed by atoms with Crippen molar-refractivity contribution >= 4 is 34.6 Å². The van der Waals surface area contributed by atoms with E-state index < -0.39 is 0 Å². The van der Waals surface area contributed by atoms with Crippen molar-refractivity contribution < 1.29 is 4.79 Å². The Kier molecular flexibility index (Phi) is 4.66. The van der Waals surface area contributed by atoms with E-state index in [9.17, 15) is 4.79 Å². The van der Waals surface area contributed by atoms with Gasteiger partial charge in [-0.3, -0.25) is 14.0 Å². The number of nitrogen functional groups attached to an aromatic ring is 1. The summed E-state index contributed by atoms with van der Waals surface area (Å²) in [5.74, 6) is 0.211. The van der Waals surface area contributed by atoms with Crippen LogP contribution in [-0.2, 0) is 13.1 Å². The Morgan fingerprint density at radius 1 is 1.42 bits per heavy atom. The topological polar surface area (TPSA) is 104 Å². The summed E-state index contributed by atoms with van der Waals surface area (Å²) in [7, 11) is 0. The Balaban J connectivity index is 1.59. The standard InChI is InChI=1S/C15H18ClN7O/c1-2-23-13-12(21-15(23)17)6-10(7-19-13)14(24)18-4-3-5-22-9-11(16)8-20-22/h6-9H,2-5H2,1H3,(H2,17,21)(H,18,24). The molecule has 0 aromatic carbocycles. The van der Waals surface area contributed by atoms with Gasteiger partial charge in [-0.05, 0) is 19.4 Å². The lowest BCUT2D eigenvalue weighted by Crippen LogP contribution is -2.25. The van der Waals surface area contributed by atoms with Gasteiger partial charge in [0.15, 0.2) is 5.65 Å². The minimum atomic E-state index is -0.187. The predicted octanol–water partition coefficient (Wildman–Crippen LogP) is 1.70. The largest absolute Gasteiger partial charge is 0.369 e. The number of aromatic nitrogens is 5. The molecule has 0 fully saturated rings. The highest BCUT2D eigenvalue weighted by Gasteiger charge is 2.12. The summed E-state index contributed by atoms with van der Waals surface area (Å²) in [5.41, 5.74) is 7.60. The van der Waals surface area contributed by atoms with Crippen LogP contribution < -0.4 is 11.1 Å². The van der Waals surface area contributed by atoms with Crippen molar-refractivity contribution in [1.29, 1.82) is 0 Å². The Morgan fingerprint density at radius 2 is 2.25 bits per heavy atom. The number of halogens is 1. The molecule has 3 N–H and O–H groups in total. The van der Waals surface area contributed by atoms with E-state index in [0.717, 1.165) is 6.42 Å². The minimum Gasteiger partial charge on any atom is -0.369 e. The van der Waals surface area contributed by atoms with Gasteiger partial charge in [-0.15, -0.1) is 0 Å². The first-order chi connectivity index (χ1) is 11.6. The second-order valence-corrected chi connectivity index (χ2v) is 5.75. The Labute approximate surface area is 143 Å². The molecule has 8 nitrogen and oxygen atoms in total. The predicted molar refractivity (Wildman–Crippen MR) is 91.8 cm³/mol. The zero-order valence-corrected chi connectivity index (χ0v) is 14.0. The van der Waals surface area contributed by atoms with Crippen molar-refractivity contribution in [1.82, 2.24) is 29.6 Å². The summed E-state index contributed by atoms with van der Waals surface area (Å²) in [4.78, 5) is 20.7. The number of rotatable bonds is 6. The van der Waals surface area contributed by atoms with Crippen LogP contribution in [0.3, 0.4) is 0 Å². The fraction of sp³-hybridized carbons (Fsp3) is 0.333. The number of carbonyl (C=O) groups excluding carboxylic acids is 1. The summed E-state index contributed by atoms with van der Waals surface area (Å²) in [6, 6.07) is 1.70. The SMILES string of the molecule is CCn1c(N)nc2cc(C(=O)NCCCn3cc(Cl)cn3)cnc21. The highest BCUT2D eigenvalue weighted by atomic mass is 35.5. The molecule has 3 rings (SSSR count). The van der Waals surface area contributed by atoms with Gasteiger partial charge in [-0.1, -0.05) is 11.6 Å². The number of nitrogens with one attached hydrogen (secondary N) is 1. The Bertz CT molecular complexity index is 870. The third kappa shape index (κ3) is 3.33. The summed E-state index contributed by atoms with van der Waals surface area (Å²) in [5, 5.41) is 7.54. The molecule has 1 amide bonds. The fourth-order valence-corrected chi connectivity index (χ4v) is 2.63. The molecule has 24 heavy (non-hydrogen) atoms. The number of nitrogens with two attached hydrogens (primary N) is 1. The Hall–Kier alpha value is -2.61. The summed E-state index contributed by atoms with van der Waals surface area (Å²) >= 11 is 5.80. The summed E-state index contributed by atoms with van der Waals surface area (Å²) < 4.78 is 3.54. The number of pyridine rings is 1. The van der Waals surface area contributed by atoms with E-state index in [1.807, 2.05) is 6.92 Å². The number of fused-ring (bicyclic) bond motifs is 1. The van der Waals surface area contributed by atoms with Crippen LogP contribution in [0.2, 0.25) is 5.02 Å². The monoisotopic (exact) mass is 347 g/mol. The van der Waals surface area contributed by atoms with Crippen LogP contribution in [0.5, 0.6) is 0 Å². The van der Waals surface area contributed by atoms with Crippen LogP contribution in [0.1, 0.15) is 23.7 Å². The van der Waals surface area contributed by atoms with Crippen LogP contribution in [0.4, 0.5) is 5.95 Å². The number of hydrogen-bond acceptors (Lipinski definition) is 5. The zero-order chi connectivity index (χ0) is 17.1. The first-order valence-electron chi connectivity index (χ1n) is 7.66. The van der Waals surface area contributed by atoms with Crippen LogP contribution in [0.25, 0.3) is 11.2 Å².